The molecule has 0 bridgehead atoms. The number of carboxylic acid groups (broad SMARTS) is 1. The molecule has 2 atom stereocenters. The predicted molar refractivity (Wildman–Crippen MR) is 84.3 cm³/mol. The first-order valence-electron chi connectivity index (χ1n) is 7.45. The van der Waals surface area contributed by atoms with Crippen LogP contribution in [0, 0.1) is 0 Å². The first-order valence-corrected chi connectivity index (χ1v) is 9.01. The molecule has 1 saturated heterocycles. The Morgan fingerprint density at radius 1 is 1.27 bits per heavy atom. The van der Waals surface area contributed by atoms with Gasteiger partial charge in [-0.3, -0.25) is 13.8 Å². The Balaban J connectivity index is 2.10. The van der Waals surface area contributed by atoms with E-state index in [2.05, 4.69) is 0 Å². The molecule has 1 amide bonds. The monoisotopic (exact) mass is 323 g/mol. The Morgan fingerprint density at radius 2 is 1.95 bits per heavy atom. The number of carbonyl (C=O) groups is 2. The van der Waals surface area contributed by atoms with Crippen LogP contribution in [0.5, 0.6) is 0 Å². The molecule has 1 aromatic rings. The lowest BCUT2D eigenvalue weighted by Gasteiger charge is -2.35. The van der Waals surface area contributed by atoms with Gasteiger partial charge in [0.25, 0.3) is 5.91 Å². The number of carboxylic acids is 1. The van der Waals surface area contributed by atoms with Crippen LogP contribution in [-0.4, -0.2) is 44.9 Å². The van der Waals surface area contributed by atoms with Crippen molar-refractivity contribution >= 4 is 22.7 Å². The SMILES string of the molecule is C[S@@](=O)c1ccc(C(=O)N2CCCC[C@@H]2CCC(=O)O)cc1. The molecular formula is C16H21NO4S. The zero-order chi connectivity index (χ0) is 16.1. The molecule has 0 aliphatic carbocycles. The van der Waals surface area contributed by atoms with Gasteiger partial charge in [0.2, 0.25) is 0 Å². The lowest BCUT2D eigenvalue weighted by Crippen LogP contribution is -2.43. The molecule has 5 nitrogen and oxygen atoms in total. The molecular weight excluding hydrogens is 302 g/mol. The third-order valence-corrected chi connectivity index (χ3v) is 4.95. The van der Waals surface area contributed by atoms with Crippen LogP contribution in [0.3, 0.4) is 0 Å². The van der Waals surface area contributed by atoms with Crippen molar-refractivity contribution in [3.63, 3.8) is 0 Å². The highest BCUT2D eigenvalue weighted by Crippen LogP contribution is 2.23. The number of piperidine rings is 1. The zero-order valence-electron chi connectivity index (χ0n) is 12.7. The van der Waals surface area contributed by atoms with E-state index in [1.807, 2.05) is 0 Å². The molecule has 1 aliphatic heterocycles. The zero-order valence-corrected chi connectivity index (χ0v) is 13.5. The quantitative estimate of drug-likeness (QED) is 0.902. The van der Waals surface area contributed by atoms with E-state index in [1.54, 1.807) is 35.4 Å². The fraction of sp³-hybridized carbons (Fsp3) is 0.500. The molecule has 1 fully saturated rings. The van der Waals surface area contributed by atoms with Gasteiger partial charge < -0.3 is 10.0 Å². The summed E-state index contributed by atoms with van der Waals surface area (Å²) in [5.41, 5.74) is 0.566. The van der Waals surface area contributed by atoms with E-state index >= 15 is 0 Å². The Morgan fingerprint density at radius 3 is 2.55 bits per heavy atom. The number of likely N-dealkylation sites (tertiary alicyclic amines) is 1. The Bertz CT molecular complexity index is 570. The number of carbonyl (C=O) groups excluding carboxylic acids is 1. The first kappa shape index (κ1) is 16.7. The summed E-state index contributed by atoms with van der Waals surface area (Å²) in [6.07, 6.45) is 5.02. The van der Waals surface area contributed by atoms with E-state index in [1.165, 1.54) is 0 Å². The standard InChI is InChI=1S/C16H21NO4S/c1-22(21)14-8-5-12(6-9-14)16(20)17-11-3-2-4-13(17)7-10-15(18)19/h5-6,8-9,13H,2-4,7,10-11H2,1H3,(H,18,19)/t13-,22-/m1/s1. The van der Waals surface area contributed by atoms with Gasteiger partial charge in [-0.2, -0.15) is 0 Å². The maximum absolute atomic E-state index is 12.6. The number of nitrogens with zero attached hydrogens (tertiary/aromatic N) is 1. The van der Waals surface area contributed by atoms with Gasteiger partial charge in [-0.05, 0) is 49.9 Å². The summed E-state index contributed by atoms with van der Waals surface area (Å²) in [4.78, 5) is 25.9. The van der Waals surface area contributed by atoms with Crippen molar-refractivity contribution in [2.45, 2.75) is 43.0 Å². The Kier molecular flexibility index (Phi) is 5.71. The fourth-order valence-electron chi connectivity index (χ4n) is 2.81. The predicted octanol–water partition coefficient (Wildman–Crippen LogP) is 2.28. The van der Waals surface area contributed by atoms with E-state index in [9.17, 15) is 13.8 Å². The average molecular weight is 323 g/mol. The molecule has 1 aliphatic rings. The second-order valence-electron chi connectivity index (χ2n) is 5.56. The second-order valence-corrected chi connectivity index (χ2v) is 6.94. The van der Waals surface area contributed by atoms with Crippen LogP contribution in [-0.2, 0) is 15.6 Å². The molecule has 6 heteroatoms. The van der Waals surface area contributed by atoms with Crippen LogP contribution >= 0.6 is 0 Å². The third kappa shape index (κ3) is 4.16. The topological polar surface area (TPSA) is 74.7 Å². The Labute approximate surface area is 132 Å². The van der Waals surface area contributed by atoms with Gasteiger partial charge >= 0.3 is 5.97 Å². The van der Waals surface area contributed by atoms with Gasteiger partial charge in [-0.25, -0.2) is 0 Å². The molecule has 0 spiro atoms. The van der Waals surface area contributed by atoms with Gasteiger partial charge in [0, 0.05) is 46.5 Å². The van der Waals surface area contributed by atoms with Crippen LogP contribution in [0.4, 0.5) is 0 Å². The van der Waals surface area contributed by atoms with Crippen LogP contribution in [0.1, 0.15) is 42.5 Å². The minimum atomic E-state index is -1.06. The molecule has 0 aromatic heterocycles. The lowest BCUT2D eigenvalue weighted by atomic mass is 9.97. The van der Waals surface area contributed by atoms with Crippen LogP contribution < -0.4 is 0 Å². The number of amides is 1. The number of benzene rings is 1. The summed E-state index contributed by atoms with van der Waals surface area (Å²) in [6.45, 7) is 0.671. The summed E-state index contributed by atoms with van der Waals surface area (Å²) >= 11 is 0. The molecule has 1 heterocycles. The summed E-state index contributed by atoms with van der Waals surface area (Å²) in [6, 6.07) is 6.81. The summed E-state index contributed by atoms with van der Waals surface area (Å²) in [7, 11) is -1.06. The van der Waals surface area contributed by atoms with Crippen molar-refractivity contribution in [1.82, 2.24) is 4.90 Å². The maximum atomic E-state index is 12.6. The number of hydrogen-bond donors (Lipinski definition) is 1. The number of hydrogen-bond acceptors (Lipinski definition) is 3. The van der Waals surface area contributed by atoms with Gasteiger partial charge in [-0.1, -0.05) is 0 Å². The first-order chi connectivity index (χ1) is 10.5. The normalized spacial score (nSPS) is 19.7. The summed E-state index contributed by atoms with van der Waals surface area (Å²) < 4.78 is 11.4. The molecule has 0 saturated carbocycles. The minimum absolute atomic E-state index is 0.00247. The molecule has 0 radical (unpaired) electrons. The number of aliphatic carboxylic acids is 1. The average Bonchev–Trinajstić information content (AvgIpc) is 2.52. The smallest absolute Gasteiger partial charge is 0.303 e. The van der Waals surface area contributed by atoms with Gasteiger partial charge in [0.1, 0.15) is 0 Å². The van der Waals surface area contributed by atoms with Crippen molar-refractivity contribution in [3.8, 4) is 0 Å². The Hall–Kier alpha value is -1.69. The number of rotatable bonds is 5. The molecule has 1 aromatic carbocycles. The van der Waals surface area contributed by atoms with Crippen molar-refractivity contribution in [2.75, 3.05) is 12.8 Å². The largest absolute Gasteiger partial charge is 0.481 e. The van der Waals surface area contributed by atoms with Gasteiger partial charge in [-0.15, -0.1) is 0 Å². The summed E-state index contributed by atoms with van der Waals surface area (Å²) in [5, 5.41) is 8.84. The minimum Gasteiger partial charge on any atom is -0.481 e. The van der Waals surface area contributed by atoms with E-state index < -0.39 is 16.8 Å². The molecule has 0 unspecified atom stereocenters. The van der Waals surface area contributed by atoms with E-state index in [-0.39, 0.29) is 18.4 Å². The fourth-order valence-corrected chi connectivity index (χ4v) is 3.33. The van der Waals surface area contributed by atoms with Crippen molar-refractivity contribution in [1.29, 1.82) is 0 Å². The highest BCUT2D eigenvalue weighted by molar-refractivity contribution is 7.84. The molecule has 22 heavy (non-hydrogen) atoms. The van der Waals surface area contributed by atoms with E-state index in [0.29, 0.717) is 23.4 Å². The highest BCUT2D eigenvalue weighted by atomic mass is 32.2. The van der Waals surface area contributed by atoms with Crippen LogP contribution in [0.2, 0.25) is 0 Å². The van der Waals surface area contributed by atoms with Gasteiger partial charge in [0.05, 0.1) is 0 Å². The van der Waals surface area contributed by atoms with Crippen molar-refractivity contribution in [2.24, 2.45) is 0 Å². The summed E-state index contributed by atoms with van der Waals surface area (Å²) in [5.74, 6) is -0.892. The van der Waals surface area contributed by atoms with Crippen molar-refractivity contribution < 1.29 is 18.9 Å². The molecule has 2 rings (SSSR count). The molecule has 120 valence electrons. The highest BCUT2D eigenvalue weighted by Gasteiger charge is 2.27. The van der Waals surface area contributed by atoms with E-state index in [0.717, 1.165) is 19.3 Å². The van der Waals surface area contributed by atoms with Crippen LogP contribution in [0.15, 0.2) is 29.2 Å². The lowest BCUT2D eigenvalue weighted by molar-refractivity contribution is -0.137. The third-order valence-electron chi connectivity index (χ3n) is 4.01. The second kappa shape index (κ2) is 7.54. The molecule has 1 N–H and O–H groups in total. The van der Waals surface area contributed by atoms with Gasteiger partial charge in [0.15, 0.2) is 0 Å². The van der Waals surface area contributed by atoms with E-state index in [4.69, 9.17) is 5.11 Å². The van der Waals surface area contributed by atoms with Crippen LogP contribution in [0.25, 0.3) is 0 Å². The van der Waals surface area contributed by atoms with Crippen molar-refractivity contribution in [3.05, 3.63) is 29.8 Å². The maximum Gasteiger partial charge on any atom is 0.303 e.